The second kappa shape index (κ2) is 8.49. The number of halogens is 6. The van der Waals surface area contributed by atoms with E-state index in [2.05, 4.69) is 25.4 Å². The van der Waals surface area contributed by atoms with Crippen LogP contribution < -0.4 is 5.32 Å². The molecule has 0 aliphatic carbocycles. The lowest BCUT2D eigenvalue weighted by Crippen LogP contribution is -2.29. The van der Waals surface area contributed by atoms with E-state index in [9.17, 15) is 31.1 Å². The summed E-state index contributed by atoms with van der Waals surface area (Å²) in [4.78, 5) is 24.4. The number of carbonyl (C=O) groups is 1. The van der Waals surface area contributed by atoms with E-state index in [1.54, 1.807) is 0 Å². The normalized spacial score (nSPS) is 12.8. The molecule has 2 heterocycles. The van der Waals surface area contributed by atoms with E-state index in [0.29, 0.717) is 12.1 Å². The monoisotopic (exact) mass is 469 g/mol. The Bertz CT molecular complexity index is 1210. The van der Waals surface area contributed by atoms with Crippen molar-refractivity contribution < 1.29 is 31.1 Å². The summed E-state index contributed by atoms with van der Waals surface area (Å²) in [5.41, 5.74) is -4.04. The smallest absolute Gasteiger partial charge is 0.342 e. The molecule has 0 unspecified atom stereocenters. The van der Waals surface area contributed by atoms with E-state index >= 15 is 0 Å². The van der Waals surface area contributed by atoms with Crippen molar-refractivity contribution in [1.82, 2.24) is 30.0 Å². The molecule has 1 amide bonds. The Morgan fingerprint density at radius 3 is 2.21 bits per heavy atom. The molecule has 3 rings (SSSR count). The molecule has 0 fully saturated rings. The van der Waals surface area contributed by atoms with Gasteiger partial charge in [0.25, 0.3) is 5.91 Å². The van der Waals surface area contributed by atoms with Gasteiger partial charge >= 0.3 is 12.4 Å². The van der Waals surface area contributed by atoms with E-state index < -0.39 is 41.0 Å². The van der Waals surface area contributed by atoms with Gasteiger partial charge in [0.05, 0.1) is 17.2 Å². The fourth-order valence-electron chi connectivity index (χ4n) is 2.83. The van der Waals surface area contributed by atoms with Crippen molar-refractivity contribution in [2.24, 2.45) is 0 Å². The minimum absolute atomic E-state index is 0.0134. The predicted molar refractivity (Wildman–Crippen MR) is 98.7 cm³/mol. The highest BCUT2D eigenvalue weighted by Crippen LogP contribution is 2.36. The molecule has 0 aliphatic rings. The molecule has 0 radical (unpaired) electrons. The Hall–Kier alpha value is -4.02. The van der Waals surface area contributed by atoms with E-state index in [1.165, 1.54) is 24.6 Å². The number of nitrogens with one attached hydrogen (secondary N) is 1. The number of aromatic nitrogens is 5. The molecule has 2 aromatic heterocycles. The van der Waals surface area contributed by atoms with Gasteiger partial charge in [0.1, 0.15) is 23.9 Å². The SMILES string of the molecule is Cc1nc([C@H](C)NC(=O)c2cc(C(F)(F)F)cc(C(F)(F)F)c2)n(-c2cc(C#N)ncn2)n1. The molecule has 3 aromatic rings. The third-order valence-electron chi connectivity index (χ3n) is 4.31. The number of nitrogens with zero attached hydrogens (tertiary/aromatic N) is 6. The second-order valence-electron chi connectivity index (χ2n) is 6.79. The van der Waals surface area contributed by atoms with Crippen LogP contribution in [-0.2, 0) is 12.4 Å². The fraction of sp³-hybridized carbons (Fsp3) is 0.263. The number of rotatable bonds is 4. The van der Waals surface area contributed by atoms with Crippen molar-refractivity contribution in [2.75, 3.05) is 0 Å². The van der Waals surface area contributed by atoms with Crippen LogP contribution in [0.1, 0.15) is 51.8 Å². The molecule has 0 spiro atoms. The maximum atomic E-state index is 13.1. The Balaban J connectivity index is 1.96. The van der Waals surface area contributed by atoms with Crippen LogP contribution in [0.3, 0.4) is 0 Å². The first-order valence-electron chi connectivity index (χ1n) is 9.06. The van der Waals surface area contributed by atoms with Crippen molar-refractivity contribution in [2.45, 2.75) is 32.2 Å². The summed E-state index contributed by atoms with van der Waals surface area (Å²) in [7, 11) is 0. The van der Waals surface area contributed by atoms with Crippen LogP contribution in [0.2, 0.25) is 0 Å². The largest absolute Gasteiger partial charge is 0.416 e. The van der Waals surface area contributed by atoms with Crippen molar-refractivity contribution in [3.05, 3.63) is 64.6 Å². The molecule has 8 nitrogen and oxygen atoms in total. The topological polar surface area (TPSA) is 109 Å². The quantitative estimate of drug-likeness (QED) is 0.583. The predicted octanol–water partition coefficient (Wildman–Crippen LogP) is 3.77. The lowest BCUT2D eigenvalue weighted by Gasteiger charge is -2.17. The molecular formula is C19H13F6N7O. The van der Waals surface area contributed by atoms with Crippen molar-refractivity contribution in [1.29, 1.82) is 5.26 Å². The average Bonchev–Trinajstić information content (AvgIpc) is 3.14. The van der Waals surface area contributed by atoms with E-state index in [1.807, 2.05) is 6.07 Å². The number of hydrogen-bond donors (Lipinski definition) is 1. The molecule has 0 bridgehead atoms. The fourth-order valence-corrected chi connectivity index (χ4v) is 2.83. The second-order valence-corrected chi connectivity index (χ2v) is 6.79. The highest BCUT2D eigenvalue weighted by molar-refractivity contribution is 5.94. The average molecular weight is 469 g/mol. The Labute approximate surface area is 181 Å². The molecule has 0 saturated heterocycles. The third kappa shape index (κ3) is 5.25. The van der Waals surface area contributed by atoms with Crippen LogP contribution >= 0.6 is 0 Å². The Morgan fingerprint density at radius 2 is 1.67 bits per heavy atom. The van der Waals surface area contributed by atoms with Crippen LogP contribution in [0.4, 0.5) is 26.3 Å². The summed E-state index contributed by atoms with van der Waals surface area (Å²) in [6.45, 7) is 2.92. The van der Waals surface area contributed by atoms with Gasteiger partial charge in [-0.15, -0.1) is 5.10 Å². The zero-order valence-corrected chi connectivity index (χ0v) is 16.8. The minimum Gasteiger partial charge on any atom is -0.342 e. The minimum atomic E-state index is -5.09. The Morgan fingerprint density at radius 1 is 1.06 bits per heavy atom. The molecule has 1 aromatic carbocycles. The van der Waals surface area contributed by atoms with Gasteiger partial charge in [-0.05, 0) is 32.0 Å². The van der Waals surface area contributed by atoms with E-state index in [-0.39, 0.29) is 29.2 Å². The summed E-state index contributed by atoms with van der Waals surface area (Å²) in [5, 5.41) is 15.4. The van der Waals surface area contributed by atoms with Gasteiger partial charge in [0.15, 0.2) is 11.6 Å². The third-order valence-corrected chi connectivity index (χ3v) is 4.31. The van der Waals surface area contributed by atoms with Crippen LogP contribution in [0.25, 0.3) is 5.82 Å². The summed E-state index contributed by atoms with van der Waals surface area (Å²) < 4.78 is 79.6. The highest BCUT2D eigenvalue weighted by Gasteiger charge is 2.37. The maximum Gasteiger partial charge on any atom is 0.416 e. The summed E-state index contributed by atoms with van der Waals surface area (Å²) >= 11 is 0. The maximum absolute atomic E-state index is 13.1. The van der Waals surface area contributed by atoms with Gasteiger partial charge in [0, 0.05) is 11.6 Å². The van der Waals surface area contributed by atoms with Gasteiger partial charge in [-0.25, -0.2) is 15.0 Å². The molecule has 1 N–H and O–H groups in total. The molecule has 1 atom stereocenters. The van der Waals surface area contributed by atoms with Gasteiger partial charge in [-0.2, -0.15) is 36.3 Å². The van der Waals surface area contributed by atoms with Crippen molar-refractivity contribution in [3.8, 4) is 11.9 Å². The first-order chi connectivity index (χ1) is 15.3. The highest BCUT2D eigenvalue weighted by atomic mass is 19.4. The molecule has 0 saturated carbocycles. The first kappa shape index (κ1) is 23.6. The lowest BCUT2D eigenvalue weighted by atomic mass is 10.0. The number of benzene rings is 1. The molecular weight excluding hydrogens is 456 g/mol. The van der Waals surface area contributed by atoms with Crippen molar-refractivity contribution in [3.63, 3.8) is 0 Å². The number of aryl methyl sites for hydroxylation is 1. The number of carbonyl (C=O) groups excluding carboxylic acids is 1. The summed E-state index contributed by atoms with van der Waals surface area (Å²) in [6, 6.07) is 2.68. The zero-order valence-electron chi connectivity index (χ0n) is 16.8. The number of nitriles is 1. The van der Waals surface area contributed by atoms with Gasteiger partial charge < -0.3 is 5.32 Å². The van der Waals surface area contributed by atoms with Crippen LogP contribution in [0.15, 0.2) is 30.6 Å². The summed E-state index contributed by atoms with van der Waals surface area (Å²) in [5.74, 6) is -0.753. The van der Waals surface area contributed by atoms with Crippen LogP contribution in [0.5, 0.6) is 0 Å². The molecule has 33 heavy (non-hydrogen) atoms. The van der Waals surface area contributed by atoms with Gasteiger partial charge in [-0.1, -0.05) is 0 Å². The first-order valence-corrected chi connectivity index (χ1v) is 9.06. The van der Waals surface area contributed by atoms with Crippen LogP contribution in [0, 0.1) is 18.3 Å². The zero-order chi connectivity index (χ0) is 24.6. The van der Waals surface area contributed by atoms with E-state index in [0.717, 1.165) is 6.33 Å². The Kier molecular flexibility index (Phi) is 6.08. The van der Waals surface area contributed by atoms with Crippen molar-refractivity contribution >= 4 is 5.91 Å². The molecule has 0 aliphatic heterocycles. The summed E-state index contributed by atoms with van der Waals surface area (Å²) in [6.07, 6.45) is -9.09. The number of amides is 1. The number of hydrogen-bond acceptors (Lipinski definition) is 6. The molecule has 172 valence electrons. The lowest BCUT2D eigenvalue weighted by molar-refractivity contribution is -0.143. The van der Waals surface area contributed by atoms with Gasteiger partial charge in [0.2, 0.25) is 0 Å². The van der Waals surface area contributed by atoms with E-state index in [4.69, 9.17) is 5.26 Å². The molecule has 14 heteroatoms. The van der Waals surface area contributed by atoms with Crippen LogP contribution in [-0.4, -0.2) is 30.6 Å². The van der Waals surface area contributed by atoms with Gasteiger partial charge in [-0.3, -0.25) is 4.79 Å². The number of alkyl halides is 6. The standard InChI is InChI=1S/C19H13F6N7O/c1-9(16-30-10(2)31-32(16)15-6-14(7-26)27-8-28-15)29-17(33)11-3-12(18(20,21)22)5-13(4-11)19(23,24)25/h3-6,8-9H,1-2H3,(H,29,33)/t9-/m0/s1.